The van der Waals surface area contributed by atoms with E-state index in [1.807, 2.05) is 0 Å². The van der Waals surface area contributed by atoms with Gasteiger partial charge in [0.1, 0.15) is 0 Å². The second kappa shape index (κ2) is 5.96. The van der Waals surface area contributed by atoms with Crippen molar-refractivity contribution in [2.75, 3.05) is 0 Å². The van der Waals surface area contributed by atoms with E-state index in [1.54, 1.807) is 6.33 Å². The van der Waals surface area contributed by atoms with Crippen LogP contribution in [0.3, 0.4) is 0 Å². The number of hydrogen-bond donors (Lipinski definition) is 0. The number of hydrogen-bond acceptors (Lipinski definition) is 3. The second-order valence-corrected chi connectivity index (χ2v) is 18.8. The Balaban J connectivity index is 2.25. The average Bonchev–Trinajstić information content (AvgIpc) is 2.52. The van der Waals surface area contributed by atoms with Gasteiger partial charge in [0.05, 0.1) is 0 Å². The Kier molecular flexibility index (Phi) is 4.24. The molecule has 0 amide bonds. The molecule has 4 heteroatoms. The summed E-state index contributed by atoms with van der Waals surface area (Å²) in [5, 5.41) is 2.54. The molecule has 0 aliphatic carbocycles. The van der Waals surface area contributed by atoms with Gasteiger partial charge in [-0.2, -0.15) is 0 Å². The van der Waals surface area contributed by atoms with Crippen molar-refractivity contribution in [2.45, 2.75) is 43.5 Å². The minimum atomic E-state index is -2.08. The molecule has 1 heterocycles. The molecule has 3 nitrogen and oxygen atoms in total. The summed E-state index contributed by atoms with van der Waals surface area (Å²) in [6.45, 7) is 6.76. The molecule has 0 spiro atoms. The summed E-state index contributed by atoms with van der Waals surface area (Å²) in [4.78, 5) is 13.7. The molecule has 24 heavy (non-hydrogen) atoms. The van der Waals surface area contributed by atoms with Crippen molar-refractivity contribution in [3.8, 4) is 11.4 Å². The van der Waals surface area contributed by atoms with Crippen molar-refractivity contribution in [2.24, 2.45) is 0 Å². The SMILES string of the molecule is CC(C)(C)c1cc(-c2ncn[c]([Ge]([CH3])([CH3])[CH3])n2)cc2ccccc12. The van der Waals surface area contributed by atoms with Gasteiger partial charge in [0, 0.05) is 0 Å². The van der Waals surface area contributed by atoms with Crippen LogP contribution in [0.2, 0.25) is 17.3 Å². The number of aromatic nitrogens is 3. The topological polar surface area (TPSA) is 38.7 Å². The number of fused-ring (bicyclic) bond motifs is 1. The fraction of sp³-hybridized carbons (Fsp3) is 0.350. The molecular formula is C20H25GeN3. The summed E-state index contributed by atoms with van der Waals surface area (Å²) >= 11 is -2.08. The van der Waals surface area contributed by atoms with E-state index >= 15 is 0 Å². The monoisotopic (exact) mass is 381 g/mol. The predicted octanol–water partition coefficient (Wildman–Crippen LogP) is 4.53. The molecule has 0 atom stereocenters. The first-order chi connectivity index (χ1) is 11.2. The van der Waals surface area contributed by atoms with E-state index in [2.05, 4.69) is 84.4 Å². The summed E-state index contributed by atoms with van der Waals surface area (Å²) in [6.07, 6.45) is 1.67. The van der Waals surface area contributed by atoms with Gasteiger partial charge in [-0.05, 0) is 0 Å². The van der Waals surface area contributed by atoms with Crippen LogP contribution in [0, 0.1) is 0 Å². The third-order valence-electron chi connectivity index (χ3n) is 4.17. The van der Waals surface area contributed by atoms with Crippen LogP contribution in [0.5, 0.6) is 0 Å². The summed E-state index contributed by atoms with van der Waals surface area (Å²) in [7, 11) is 0. The Morgan fingerprint density at radius 2 is 1.62 bits per heavy atom. The van der Waals surface area contributed by atoms with Gasteiger partial charge in [-0.25, -0.2) is 0 Å². The van der Waals surface area contributed by atoms with Crippen molar-refractivity contribution < 1.29 is 0 Å². The van der Waals surface area contributed by atoms with Crippen LogP contribution in [-0.4, -0.2) is 28.2 Å². The molecule has 124 valence electrons. The Labute approximate surface area is 146 Å². The summed E-state index contributed by atoms with van der Waals surface area (Å²) in [5.74, 6) is 7.71. The molecule has 0 aliphatic rings. The van der Waals surface area contributed by atoms with Crippen LogP contribution in [0.4, 0.5) is 0 Å². The number of benzene rings is 2. The molecule has 0 fully saturated rings. The second-order valence-electron chi connectivity index (χ2n) is 8.38. The van der Waals surface area contributed by atoms with Crippen LogP contribution >= 0.6 is 0 Å². The van der Waals surface area contributed by atoms with Crippen molar-refractivity contribution in [1.82, 2.24) is 15.0 Å². The first-order valence-electron chi connectivity index (χ1n) is 8.39. The molecule has 0 N–H and O–H groups in total. The average molecular weight is 380 g/mol. The van der Waals surface area contributed by atoms with Crippen molar-refractivity contribution >= 4 is 28.7 Å². The fourth-order valence-electron chi connectivity index (χ4n) is 2.86. The summed E-state index contributed by atoms with van der Waals surface area (Å²) in [5.41, 5.74) is 2.47. The molecule has 0 aliphatic heterocycles. The van der Waals surface area contributed by atoms with Crippen LogP contribution in [0.25, 0.3) is 22.2 Å². The Hall–Kier alpha value is -1.75. The molecule has 3 rings (SSSR count). The molecule has 0 saturated heterocycles. The van der Waals surface area contributed by atoms with Gasteiger partial charge in [0.15, 0.2) is 0 Å². The summed E-state index contributed by atoms with van der Waals surface area (Å²) < 4.78 is 1.01. The molecule has 3 aromatic rings. The zero-order valence-electron chi connectivity index (χ0n) is 15.4. The van der Waals surface area contributed by atoms with Gasteiger partial charge in [-0.1, -0.05) is 0 Å². The molecule has 0 unspecified atom stereocenters. The Morgan fingerprint density at radius 3 is 2.29 bits per heavy atom. The maximum atomic E-state index is 4.81. The molecule has 2 aromatic carbocycles. The van der Waals surface area contributed by atoms with Crippen LogP contribution in [0.1, 0.15) is 26.3 Å². The van der Waals surface area contributed by atoms with E-state index < -0.39 is 13.3 Å². The van der Waals surface area contributed by atoms with Gasteiger partial charge in [0.2, 0.25) is 0 Å². The van der Waals surface area contributed by atoms with Gasteiger partial charge < -0.3 is 0 Å². The van der Waals surface area contributed by atoms with Gasteiger partial charge in [-0.15, -0.1) is 0 Å². The van der Waals surface area contributed by atoms with E-state index in [0.29, 0.717) is 0 Å². The third-order valence-corrected chi connectivity index (χ3v) is 7.49. The molecule has 0 radical (unpaired) electrons. The summed E-state index contributed by atoms with van der Waals surface area (Å²) in [6, 6.07) is 13.0. The predicted molar refractivity (Wildman–Crippen MR) is 104 cm³/mol. The van der Waals surface area contributed by atoms with Crippen molar-refractivity contribution in [1.29, 1.82) is 0 Å². The van der Waals surface area contributed by atoms with Crippen LogP contribution < -0.4 is 4.66 Å². The first kappa shape index (κ1) is 17.1. The molecule has 1 aromatic heterocycles. The zero-order valence-corrected chi connectivity index (χ0v) is 17.5. The number of nitrogens with zero attached hydrogens (tertiary/aromatic N) is 3. The van der Waals surface area contributed by atoms with Crippen LogP contribution in [0.15, 0.2) is 42.7 Å². The molecule has 0 bridgehead atoms. The van der Waals surface area contributed by atoms with E-state index in [-0.39, 0.29) is 5.41 Å². The fourth-order valence-corrected chi connectivity index (χ4v) is 4.72. The van der Waals surface area contributed by atoms with E-state index in [4.69, 9.17) is 4.98 Å². The Morgan fingerprint density at radius 1 is 0.917 bits per heavy atom. The number of rotatable bonds is 2. The molecular weight excluding hydrogens is 355 g/mol. The van der Waals surface area contributed by atoms with E-state index in [1.165, 1.54) is 16.3 Å². The quantitative estimate of drug-likeness (QED) is 0.614. The first-order valence-corrected chi connectivity index (χ1v) is 15.7. The zero-order chi connectivity index (χ0) is 17.5. The molecule has 0 saturated carbocycles. The standard InChI is InChI=1S/C20H25GeN3/c1-20(2,3)17-12-15(11-14-9-7-8-10-16(14)17)18-22-13-23-19(24-18)21(4,5)6/h7-13H,1-6H3. The Bertz CT molecular complexity index is 889. The van der Waals surface area contributed by atoms with Gasteiger partial charge in [0.25, 0.3) is 0 Å². The van der Waals surface area contributed by atoms with Crippen molar-refractivity contribution in [3.63, 3.8) is 0 Å². The van der Waals surface area contributed by atoms with Gasteiger partial charge >= 0.3 is 147 Å². The maximum absolute atomic E-state index is 4.81. The van der Waals surface area contributed by atoms with E-state index in [9.17, 15) is 0 Å². The van der Waals surface area contributed by atoms with Crippen LogP contribution in [-0.2, 0) is 5.41 Å². The van der Waals surface area contributed by atoms with Crippen molar-refractivity contribution in [3.05, 3.63) is 48.3 Å². The normalized spacial score (nSPS) is 12.6. The van der Waals surface area contributed by atoms with Gasteiger partial charge in [-0.3, -0.25) is 0 Å². The third kappa shape index (κ3) is 3.36. The van der Waals surface area contributed by atoms with E-state index in [0.717, 1.165) is 16.0 Å². The minimum absolute atomic E-state index is 0.0628.